The normalized spacial score (nSPS) is 11.4. The summed E-state index contributed by atoms with van der Waals surface area (Å²) in [6.07, 6.45) is 0. The van der Waals surface area contributed by atoms with Crippen LogP contribution in [0.1, 0.15) is 11.1 Å². The number of sulfonamides is 1. The second-order valence-corrected chi connectivity index (χ2v) is 7.46. The zero-order chi connectivity index (χ0) is 15.6. The topological polar surface area (TPSA) is 46.2 Å². The van der Waals surface area contributed by atoms with Gasteiger partial charge in [0.1, 0.15) is 0 Å². The molecule has 0 aromatic heterocycles. The van der Waals surface area contributed by atoms with E-state index in [0.717, 1.165) is 11.1 Å². The van der Waals surface area contributed by atoms with Crippen LogP contribution in [0.5, 0.6) is 0 Å². The van der Waals surface area contributed by atoms with Gasteiger partial charge in [-0.1, -0.05) is 57.3 Å². The summed E-state index contributed by atoms with van der Waals surface area (Å²) in [4.78, 5) is 0.154. The molecular weight excluding hydrogens is 397 g/mol. The molecule has 7 heteroatoms. The summed E-state index contributed by atoms with van der Waals surface area (Å²) >= 11 is 15.5. The van der Waals surface area contributed by atoms with E-state index in [9.17, 15) is 8.42 Å². The second-order valence-electron chi connectivity index (χ2n) is 4.44. The van der Waals surface area contributed by atoms with Gasteiger partial charge in [0.05, 0.1) is 20.6 Å². The smallest absolute Gasteiger partial charge is 0.261 e. The molecule has 0 atom stereocenters. The van der Waals surface area contributed by atoms with Crippen molar-refractivity contribution in [2.45, 2.75) is 17.1 Å². The Morgan fingerprint density at radius 1 is 1.10 bits per heavy atom. The molecule has 0 spiro atoms. The minimum absolute atomic E-state index is 0.154. The first-order valence-corrected chi connectivity index (χ1v) is 9.33. The molecule has 0 radical (unpaired) electrons. The predicted octanol–water partition coefficient (Wildman–Crippen LogP) is 5.00. The maximum Gasteiger partial charge on any atom is 0.261 e. The number of rotatable bonds is 4. The molecule has 112 valence electrons. The quantitative estimate of drug-likeness (QED) is 0.723. The Labute approximate surface area is 142 Å². The molecule has 2 rings (SSSR count). The molecule has 0 amide bonds. The molecular formula is C14H12BrCl2NO2S. The number of anilines is 1. The zero-order valence-corrected chi connectivity index (χ0v) is 14.9. The highest BCUT2D eigenvalue weighted by atomic mass is 79.9. The first-order valence-electron chi connectivity index (χ1n) is 5.97. The monoisotopic (exact) mass is 407 g/mol. The molecule has 21 heavy (non-hydrogen) atoms. The average Bonchev–Trinajstić information content (AvgIpc) is 2.48. The molecule has 0 aliphatic carbocycles. The maximum absolute atomic E-state index is 12.4. The number of nitrogens with one attached hydrogen (secondary N) is 1. The van der Waals surface area contributed by atoms with Gasteiger partial charge >= 0.3 is 0 Å². The van der Waals surface area contributed by atoms with Crippen molar-refractivity contribution >= 4 is 54.8 Å². The molecule has 2 aromatic carbocycles. The number of hydrogen-bond donors (Lipinski definition) is 1. The molecule has 1 N–H and O–H groups in total. The second kappa shape index (κ2) is 6.57. The van der Waals surface area contributed by atoms with Crippen LogP contribution in [0.4, 0.5) is 5.69 Å². The Balaban J connectivity index is 2.39. The summed E-state index contributed by atoms with van der Waals surface area (Å²) in [5.74, 6) is 0. The number of aryl methyl sites for hydroxylation is 1. The Hall–Kier alpha value is -0.750. The molecule has 0 fully saturated rings. The van der Waals surface area contributed by atoms with Crippen LogP contribution >= 0.6 is 39.1 Å². The van der Waals surface area contributed by atoms with Crippen molar-refractivity contribution in [2.75, 3.05) is 4.72 Å². The molecule has 0 unspecified atom stereocenters. The lowest BCUT2D eigenvalue weighted by molar-refractivity contribution is 0.601. The maximum atomic E-state index is 12.4. The first-order chi connectivity index (χ1) is 9.85. The molecule has 0 aliphatic heterocycles. The molecule has 2 aromatic rings. The highest BCUT2D eigenvalue weighted by molar-refractivity contribution is 9.08. The van der Waals surface area contributed by atoms with Crippen molar-refractivity contribution in [1.82, 2.24) is 0 Å². The third kappa shape index (κ3) is 3.72. The van der Waals surface area contributed by atoms with Gasteiger partial charge in [-0.25, -0.2) is 8.42 Å². The van der Waals surface area contributed by atoms with Crippen molar-refractivity contribution in [3.8, 4) is 0 Å². The summed E-state index contributed by atoms with van der Waals surface area (Å²) in [5, 5.41) is 1.21. The SMILES string of the molecule is Cc1ccc(Cl)c(NS(=O)(=O)c2ccc(CBr)cc2)c1Cl. The summed E-state index contributed by atoms with van der Waals surface area (Å²) in [6.45, 7) is 1.78. The van der Waals surface area contributed by atoms with Crippen LogP contribution in [-0.2, 0) is 15.4 Å². The molecule has 3 nitrogen and oxygen atoms in total. The molecule has 0 bridgehead atoms. The van der Waals surface area contributed by atoms with Gasteiger partial charge in [0.25, 0.3) is 10.0 Å². The van der Waals surface area contributed by atoms with Crippen LogP contribution in [-0.4, -0.2) is 8.42 Å². The Morgan fingerprint density at radius 2 is 1.71 bits per heavy atom. The minimum Gasteiger partial charge on any atom is -0.277 e. The van der Waals surface area contributed by atoms with Crippen LogP contribution in [0.15, 0.2) is 41.3 Å². The van der Waals surface area contributed by atoms with Gasteiger partial charge in [0.2, 0.25) is 0 Å². The largest absolute Gasteiger partial charge is 0.277 e. The number of hydrogen-bond acceptors (Lipinski definition) is 2. The average molecular weight is 409 g/mol. The van der Waals surface area contributed by atoms with E-state index in [1.807, 2.05) is 0 Å². The van der Waals surface area contributed by atoms with Crippen molar-refractivity contribution in [3.63, 3.8) is 0 Å². The minimum atomic E-state index is -3.73. The van der Waals surface area contributed by atoms with Gasteiger partial charge in [-0.05, 0) is 36.2 Å². The fraction of sp³-hybridized carbons (Fsp3) is 0.143. The van der Waals surface area contributed by atoms with Gasteiger partial charge in [-0.2, -0.15) is 0 Å². The van der Waals surface area contributed by atoms with Crippen molar-refractivity contribution < 1.29 is 8.42 Å². The molecule has 0 saturated heterocycles. The van der Waals surface area contributed by atoms with E-state index in [2.05, 4.69) is 20.7 Å². The van der Waals surface area contributed by atoms with E-state index in [1.165, 1.54) is 12.1 Å². The number of halogens is 3. The van der Waals surface area contributed by atoms with Crippen molar-refractivity contribution in [2.24, 2.45) is 0 Å². The lowest BCUT2D eigenvalue weighted by Gasteiger charge is -2.13. The third-order valence-corrected chi connectivity index (χ3v) is 5.72. The number of benzene rings is 2. The Kier molecular flexibility index (Phi) is 5.20. The standard InChI is InChI=1S/C14H12BrCl2NO2S/c1-9-2-7-12(16)14(13(9)17)18-21(19,20)11-5-3-10(8-15)4-6-11/h2-7,18H,8H2,1H3. The zero-order valence-electron chi connectivity index (χ0n) is 11.0. The third-order valence-electron chi connectivity index (χ3n) is 2.91. The lowest BCUT2D eigenvalue weighted by Crippen LogP contribution is -2.14. The van der Waals surface area contributed by atoms with Crippen LogP contribution in [0.25, 0.3) is 0 Å². The van der Waals surface area contributed by atoms with E-state index < -0.39 is 10.0 Å². The van der Waals surface area contributed by atoms with Gasteiger partial charge in [-0.3, -0.25) is 4.72 Å². The van der Waals surface area contributed by atoms with E-state index in [-0.39, 0.29) is 15.6 Å². The van der Waals surface area contributed by atoms with Crippen LogP contribution in [0.3, 0.4) is 0 Å². The highest BCUT2D eigenvalue weighted by Gasteiger charge is 2.18. The van der Waals surface area contributed by atoms with E-state index >= 15 is 0 Å². The van der Waals surface area contributed by atoms with Gasteiger partial charge in [-0.15, -0.1) is 0 Å². The van der Waals surface area contributed by atoms with E-state index in [1.54, 1.807) is 31.2 Å². The van der Waals surface area contributed by atoms with Gasteiger partial charge in [0, 0.05) is 5.33 Å². The van der Waals surface area contributed by atoms with Gasteiger partial charge in [0.15, 0.2) is 0 Å². The Bertz CT molecular complexity index is 761. The van der Waals surface area contributed by atoms with Crippen LogP contribution < -0.4 is 4.72 Å². The first kappa shape index (κ1) is 16.6. The van der Waals surface area contributed by atoms with Crippen molar-refractivity contribution in [1.29, 1.82) is 0 Å². The van der Waals surface area contributed by atoms with Crippen LogP contribution in [0, 0.1) is 6.92 Å². The summed E-state index contributed by atoms with van der Waals surface area (Å²) in [5.41, 5.74) is 1.93. The Morgan fingerprint density at radius 3 is 2.29 bits per heavy atom. The molecule has 0 aliphatic rings. The lowest BCUT2D eigenvalue weighted by atomic mass is 10.2. The van der Waals surface area contributed by atoms with Crippen LogP contribution in [0.2, 0.25) is 10.0 Å². The number of alkyl halides is 1. The summed E-state index contributed by atoms with van der Waals surface area (Å²) in [6, 6.07) is 9.89. The van der Waals surface area contributed by atoms with E-state index in [4.69, 9.17) is 23.2 Å². The van der Waals surface area contributed by atoms with Crippen molar-refractivity contribution in [3.05, 3.63) is 57.6 Å². The fourth-order valence-electron chi connectivity index (χ4n) is 1.70. The summed E-state index contributed by atoms with van der Waals surface area (Å²) in [7, 11) is -3.73. The predicted molar refractivity (Wildman–Crippen MR) is 91.1 cm³/mol. The molecule has 0 saturated carbocycles. The van der Waals surface area contributed by atoms with Gasteiger partial charge < -0.3 is 0 Å². The summed E-state index contributed by atoms with van der Waals surface area (Å²) < 4.78 is 27.2. The van der Waals surface area contributed by atoms with E-state index in [0.29, 0.717) is 10.4 Å². The fourth-order valence-corrected chi connectivity index (χ4v) is 3.75. The highest BCUT2D eigenvalue weighted by Crippen LogP contribution is 2.34. The molecule has 0 heterocycles.